The van der Waals surface area contributed by atoms with Crippen LogP contribution in [0.25, 0.3) is 16.7 Å². The average Bonchev–Trinajstić information content (AvgIpc) is 2.98. The molecule has 3 rings (SSSR count). The first kappa shape index (κ1) is 16.3. The summed E-state index contributed by atoms with van der Waals surface area (Å²) in [6.07, 6.45) is 1.60. The van der Waals surface area contributed by atoms with Gasteiger partial charge in [-0.2, -0.15) is 0 Å². The average molecular weight is 345 g/mol. The lowest BCUT2D eigenvalue weighted by Crippen LogP contribution is -2.39. The Labute approximate surface area is 143 Å². The third kappa shape index (κ3) is 2.49. The predicted octanol–water partition coefficient (Wildman–Crippen LogP) is 2.65. The third-order valence-electron chi connectivity index (χ3n) is 3.93. The van der Waals surface area contributed by atoms with E-state index < -0.39 is 0 Å². The largest absolute Gasteiger partial charge is 0.332 e. The number of aryl methyl sites for hydroxylation is 1. The van der Waals surface area contributed by atoms with E-state index in [4.69, 9.17) is 11.6 Å². The predicted molar refractivity (Wildman–Crippen MR) is 95.5 cm³/mol. The Morgan fingerprint density at radius 1 is 1.21 bits per heavy atom. The zero-order chi connectivity index (χ0) is 17.6. The summed E-state index contributed by atoms with van der Waals surface area (Å²) in [5.41, 5.74) is 1.01. The maximum Gasteiger partial charge on any atom is 0.332 e. The zero-order valence-corrected chi connectivity index (χ0v) is 14.4. The van der Waals surface area contributed by atoms with Gasteiger partial charge in [-0.1, -0.05) is 30.3 Å². The summed E-state index contributed by atoms with van der Waals surface area (Å²) in [4.78, 5) is 25.0. The van der Waals surface area contributed by atoms with Crippen molar-refractivity contribution in [1.29, 1.82) is 0 Å². The fraction of sp³-hybridized carbons (Fsp3) is 0.235. The zero-order valence-electron chi connectivity index (χ0n) is 13.7. The third-order valence-corrected chi connectivity index (χ3v) is 4.18. The van der Waals surface area contributed by atoms with E-state index >= 15 is 0 Å². The van der Waals surface area contributed by atoms with E-state index in [1.807, 2.05) is 12.1 Å². The van der Waals surface area contributed by atoms with Crippen molar-refractivity contribution in [2.75, 3.05) is 0 Å². The highest BCUT2D eigenvalue weighted by Crippen LogP contribution is 2.19. The molecule has 0 fully saturated rings. The first-order valence-electron chi connectivity index (χ1n) is 7.47. The topological polar surface area (TPSA) is 61.8 Å². The molecule has 0 radical (unpaired) electrons. The van der Waals surface area contributed by atoms with E-state index in [0.29, 0.717) is 21.8 Å². The Morgan fingerprint density at radius 3 is 2.42 bits per heavy atom. The number of hydrogen-bond donors (Lipinski definition) is 0. The number of benzene rings is 1. The monoisotopic (exact) mass is 344 g/mol. The van der Waals surface area contributed by atoms with Crippen LogP contribution in [0.15, 0.2) is 46.6 Å². The molecule has 0 spiro atoms. The Hall–Kier alpha value is -2.60. The number of aromatic nitrogens is 4. The second kappa shape index (κ2) is 5.79. The number of nitrogens with zero attached hydrogens (tertiary/aromatic N) is 4. The Bertz CT molecular complexity index is 1060. The van der Waals surface area contributed by atoms with Crippen molar-refractivity contribution in [3.63, 3.8) is 0 Å². The highest BCUT2D eigenvalue weighted by Gasteiger charge is 2.17. The van der Waals surface area contributed by atoms with Crippen molar-refractivity contribution >= 4 is 28.3 Å². The maximum absolute atomic E-state index is 12.6. The minimum absolute atomic E-state index is 0.233. The lowest BCUT2D eigenvalue weighted by atomic mass is 10.2. The lowest BCUT2D eigenvalue weighted by molar-refractivity contribution is 0.531. The van der Waals surface area contributed by atoms with Crippen molar-refractivity contribution in [2.45, 2.75) is 19.9 Å². The fourth-order valence-corrected chi connectivity index (χ4v) is 2.73. The minimum atomic E-state index is -0.384. The molecule has 0 saturated carbocycles. The molecule has 3 aromatic rings. The van der Waals surface area contributed by atoms with Crippen LogP contribution in [0, 0.1) is 0 Å². The van der Waals surface area contributed by atoms with E-state index in [-0.39, 0.29) is 17.3 Å². The van der Waals surface area contributed by atoms with E-state index in [1.54, 1.807) is 39.2 Å². The summed E-state index contributed by atoms with van der Waals surface area (Å²) in [5, 5.41) is 5.37. The molecule has 0 aliphatic heterocycles. The number of halogens is 1. The normalized spacial score (nSPS) is 11.4. The summed E-state index contributed by atoms with van der Waals surface area (Å²) in [6, 6.07) is 6.92. The van der Waals surface area contributed by atoms with Gasteiger partial charge in [0.15, 0.2) is 5.65 Å². The molecule has 6 nitrogen and oxygen atoms in total. The van der Waals surface area contributed by atoms with Gasteiger partial charge in [0.05, 0.1) is 5.70 Å². The molecule has 0 saturated heterocycles. The van der Waals surface area contributed by atoms with Crippen molar-refractivity contribution in [3.8, 4) is 0 Å². The van der Waals surface area contributed by atoms with Crippen LogP contribution in [0.2, 0.25) is 5.02 Å². The van der Waals surface area contributed by atoms with E-state index in [9.17, 15) is 9.59 Å². The number of fused-ring (bicyclic) bond motifs is 1. The molecule has 0 aliphatic rings. The SMILES string of the molecule is C=C(c1ccc(Cl)cc1)n1cc2c(=O)n(C(C)C)c(=O)n(C)c2n1. The second-order valence-electron chi connectivity index (χ2n) is 5.88. The molecule has 0 bridgehead atoms. The summed E-state index contributed by atoms with van der Waals surface area (Å²) >= 11 is 5.90. The van der Waals surface area contributed by atoms with Crippen LogP contribution in [0.4, 0.5) is 0 Å². The van der Waals surface area contributed by atoms with Crippen LogP contribution in [0.3, 0.4) is 0 Å². The Balaban J connectivity index is 2.22. The van der Waals surface area contributed by atoms with Crippen LogP contribution >= 0.6 is 11.6 Å². The molecule has 7 heteroatoms. The van der Waals surface area contributed by atoms with Crippen LogP contribution in [-0.2, 0) is 7.05 Å². The minimum Gasteiger partial charge on any atom is -0.279 e. The summed E-state index contributed by atoms with van der Waals surface area (Å²) in [7, 11) is 1.60. The number of hydrogen-bond acceptors (Lipinski definition) is 3. The van der Waals surface area contributed by atoms with Crippen LogP contribution in [0.5, 0.6) is 0 Å². The lowest BCUT2D eigenvalue weighted by Gasteiger charge is -2.10. The number of rotatable bonds is 3. The van der Waals surface area contributed by atoms with Gasteiger partial charge >= 0.3 is 5.69 Å². The molecule has 0 N–H and O–H groups in total. The van der Waals surface area contributed by atoms with Crippen molar-refractivity contribution in [3.05, 3.63) is 68.5 Å². The molecule has 0 atom stereocenters. The molecule has 1 aromatic carbocycles. The smallest absolute Gasteiger partial charge is 0.279 e. The highest BCUT2D eigenvalue weighted by atomic mass is 35.5. The molecule has 0 amide bonds. The standard InChI is InChI=1S/C17H17ClN4O2/c1-10(2)22-16(23)14-9-21(19-15(14)20(4)17(22)24)11(3)12-5-7-13(18)8-6-12/h5-10H,3H2,1-2,4H3. The van der Waals surface area contributed by atoms with Gasteiger partial charge in [0.1, 0.15) is 5.39 Å². The van der Waals surface area contributed by atoms with Crippen LogP contribution in [-0.4, -0.2) is 18.9 Å². The quantitative estimate of drug-likeness (QED) is 0.733. The van der Waals surface area contributed by atoms with Gasteiger partial charge in [0.2, 0.25) is 0 Å². The van der Waals surface area contributed by atoms with Gasteiger partial charge in [-0.15, -0.1) is 5.10 Å². The van der Waals surface area contributed by atoms with Gasteiger partial charge in [-0.3, -0.25) is 13.9 Å². The van der Waals surface area contributed by atoms with Gasteiger partial charge in [0, 0.05) is 24.3 Å². The molecular formula is C17H17ClN4O2. The van der Waals surface area contributed by atoms with Gasteiger partial charge in [0.25, 0.3) is 5.56 Å². The Morgan fingerprint density at radius 2 is 1.83 bits per heavy atom. The summed E-state index contributed by atoms with van der Waals surface area (Å²) in [5.74, 6) is 0. The summed E-state index contributed by atoms with van der Waals surface area (Å²) in [6.45, 7) is 7.62. The molecule has 2 aromatic heterocycles. The van der Waals surface area contributed by atoms with E-state index in [1.165, 1.54) is 13.8 Å². The van der Waals surface area contributed by atoms with Gasteiger partial charge < -0.3 is 0 Å². The van der Waals surface area contributed by atoms with Crippen molar-refractivity contribution < 1.29 is 0 Å². The van der Waals surface area contributed by atoms with Crippen LogP contribution < -0.4 is 11.2 Å². The van der Waals surface area contributed by atoms with Crippen LogP contribution in [0.1, 0.15) is 25.5 Å². The first-order chi connectivity index (χ1) is 11.3. The highest BCUT2D eigenvalue weighted by molar-refractivity contribution is 6.30. The molecule has 24 heavy (non-hydrogen) atoms. The maximum atomic E-state index is 12.6. The van der Waals surface area contributed by atoms with Gasteiger partial charge in [-0.05, 0) is 31.5 Å². The fourth-order valence-electron chi connectivity index (χ4n) is 2.60. The van der Waals surface area contributed by atoms with E-state index in [2.05, 4.69) is 11.7 Å². The second-order valence-corrected chi connectivity index (χ2v) is 6.31. The molecule has 124 valence electrons. The summed E-state index contributed by atoms with van der Waals surface area (Å²) < 4.78 is 4.11. The molecule has 2 heterocycles. The first-order valence-corrected chi connectivity index (χ1v) is 7.85. The molecular weight excluding hydrogens is 328 g/mol. The van der Waals surface area contributed by atoms with Gasteiger partial charge in [-0.25, -0.2) is 9.48 Å². The van der Waals surface area contributed by atoms with Crippen molar-refractivity contribution in [1.82, 2.24) is 18.9 Å². The Kier molecular flexibility index (Phi) is 3.93. The van der Waals surface area contributed by atoms with E-state index in [0.717, 1.165) is 5.56 Å². The molecule has 0 unspecified atom stereocenters. The molecule has 0 aliphatic carbocycles. The van der Waals surface area contributed by atoms with Crippen molar-refractivity contribution in [2.24, 2.45) is 7.05 Å².